The summed E-state index contributed by atoms with van der Waals surface area (Å²) in [5.74, 6) is 1.64. The number of aromatic nitrogens is 2. The van der Waals surface area contributed by atoms with Gasteiger partial charge in [0.05, 0.1) is 0 Å². The van der Waals surface area contributed by atoms with E-state index >= 15 is 0 Å². The summed E-state index contributed by atoms with van der Waals surface area (Å²) in [6.07, 6.45) is 4.66. The summed E-state index contributed by atoms with van der Waals surface area (Å²) in [6, 6.07) is 1.79. The van der Waals surface area contributed by atoms with Crippen LogP contribution in [-0.2, 0) is 6.42 Å². The Morgan fingerprint density at radius 2 is 2.11 bits per heavy atom. The standard InChI is InChI=1S/C13H21ClN4/c1-2-12-16-11(14)10-13(17-12)15-6-5-9-18-7-3-4-8-18/h10H,2-9H2,1H3,(H,15,16,17). The van der Waals surface area contributed by atoms with Crippen LogP contribution in [0.4, 0.5) is 5.82 Å². The van der Waals surface area contributed by atoms with E-state index in [-0.39, 0.29) is 0 Å². The van der Waals surface area contributed by atoms with Crippen LogP contribution in [0.25, 0.3) is 0 Å². The van der Waals surface area contributed by atoms with Gasteiger partial charge in [-0.3, -0.25) is 0 Å². The van der Waals surface area contributed by atoms with Gasteiger partial charge in [-0.25, -0.2) is 9.97 Å². The minimum absolute atomic E-state index is 0.517. The minimum Gasteiger partial charge on any atom is -0.370 e. The highest BCUT2D eigenvalue weighted by Crippen LogP contribution is 2.12. The lowest BCUT2D eigenvalue weighted by Crippen LogP contribution is -2.22. The van der Waals surface area contributed by atoms with Crippen molar-refractivity contribution in [2.75, 3.05) is 31.5 Å². The molecule has 1 aromatic rings. The number of halogens is 1. The second-order valence-electron chi connectivity index (χ2n) is 4.67. The van der Waals surface area contributed by atoms with Gasteiger partial charge in [0.15, 0.2) is 0 Å². The highest BCUT2D eigenvalue weighted by molar-refractivity contribution is 6.29. The fourth-order valence-corrected chi connectivity index (χ4v) is 2.44. The molecule has 0 atom stereocenters. The fraction of sp³-hybridized carbons (Fsp3) is 0.692. The fourth-order valence-electron chi connectivity index (χ4n) is 2.24. The number of likely N-dealkylation sites (tertiary alicyclic amines) is 1. The van der Waals surface area contributed by atoms with Gasteiger partial charge in [0, 0.05) is 19.0 Å². The number of anilines is 1. The average molecular weight is 269 g/mol. The SMILES string of the molecule is CCc1nc(Cl)cc(NCCCN2CCCC2)n1. The van der Waals surface area contributed by atoms with Gasteiger partial charge in [-0.05, 0) is 38.9 Å². The first-order chi connectivity index (χ1) is 8.78. The van der Waals surface area contributed by atoms with Gasteiger partial charge in [0.25, 0.3) is 0 Å². The molecule has 1 saturated heterocycles. The molecule has 1 aliphatic heterocycles. The Labute approximate surface area is 114 Å². The van der Waals surface area contributed by atoms with Crippen LogP contribution in [0.15, 0.2) is 6.07 Å². The van der Waals surface area contributed by atoms with E-state index in [1.54, 1.807) is 6.07 Å². The lowest BCUT2D eigenvalue weighted by Gasteiger charge is -2.14. The number of aryl methyl sites for hydroxylation is 1. The Morgan fingerprint density at radius 3 is 2.83 bits per heavy atom. The first-order valence-electron chi connectivity index (χ1n) is 6.77. The molecule has 4 nitrogen and oxygen atoms in total. The Hall–Kier alpha value is -0.870. The molecule has 1 fully saturated rings. The topological polar surface area (TPSA) is 41.1 Å². The van der Waals surface area contributed by atoms with Crippen LogP contribution in [0.5, 0.6) is 0 Å². The van der Waals surface area contributed by atoms with Gasteiger partial charge >= 0.3 is 0 Å². The molecule has 100 valence electrons. The smallest absolute Gasteiger partial charge is 0.134 e. The van der Waals surface area contributed by atoms with Crippen molar-refractivity contribution >= 4 is 17.4 Å². The molecule has 0 amide bonds. The van der Waals surface area contributed by atoms with Crippen LogP contribution in [0.2, 0.25) is 5.15 Å². The minimum atomic E-state index is 0.517. The maximum Gasteiger partial charge on any atom is 0.134 e. The molecule has 18 heavy (non-hydrogen) atoms. The number of nitrogens with zero attached hydrogens (tertiary/aromatic N) is 3. The lowest BCUT2D eigenvalue weighted by atomic mass is 10.4. The molecule has 0 saturated carbocycles. The van der Waals surface area contributed by atoms with E-state index in [9.17, 15) is 0 Å². The lowest BCUT2D eigenvalue weighted by molar-refractivity contribution is 0.337. The third-order valence-electron chi connectivity index (χ3n) is 3.21. The van der Waals surface area contributed by atoms with Crippen molar-refractivity contribution in [3.63, 3.8) is 0 Å². The van der Waals surface area contributed by atoms with E-state index in [1.807, 2.05) is 6.92 Å². The molecular formula is C13H21ClN4. The van der Waals surface area contributed by atoms with Gasteiger partial charge in [0.2, 0.25) is 0 Å². The predicted molar refractivity (Wildman–Crippen MR) is 75.2 cm³/mol. The van der Waals surface area contributed by atoms with E-state index in [4.69, 9.17) is 11.6 Å². The normalized spacial score (nSPS) is 16.1. The van der Waals surface area contributed by atoms with E-state index < -0.39 is 0 Å². The van der Waals surface area contributed by atoms with Crippen molar-refractivity contribution in [2.45, 2.75) is 32.6 Å². The summed E-state index contributed by atoms with van der Waals surface area (Å²) < 4.78 is 0. The molecule has 0 spiro atoms. The predicted octanol–water partition coefficient (Wildman–Crippen LogP) is 2.59. The molecule has 1 aliphatic rings. The largest absolute Gasteiger partial charge is 0.370 e. The van der Waals surface area contributed by atoms with Gasteiger partial charge in [-0.1, -0.05) is 18.5 Å². The summed E-state index contributed by atoms with van der Waals surface area (Å²) in [5, 5.41) is 3.84. The highest BCUT2D eigenvalue weighted by Gasteiger charge is 2.10. The quantitative estimate of drug-likeness (QED) is 0.636. The molecule has 1 aromatic heterocycles. The number of hydrogen-bond donors (Lipinski definition) is 1. The van der Waals surface area contributed by atoms with Crippen molar-refractivity contribution < 1.29 is 0 Å². The summed E-state index contributed by atoms with van der Waals surface area (Å²) in [5.41, 5.74) is 0. The van der Waals surface area contributed by atoms with Crippen LogP contribution in [0.1, 0.15) is 32.0 Å². The van der Waals surface area contributed by atoms with Crippen molar-refractivity contribution in [3.8, 4) is 0 Å². The number of nitrogens with one attached hydrogen (secondary N) is 1. The molecule has 2 heterocycles. The monoisotopic (exact) mass is 268 g/mol. The van der Waals surface area contributed by atoms with Crippen molar-refractivity contribution in [3.05, 3.63) is 17.0 Å². The molecule has 1 N–H and O–H groups in total. The van der Waals surface area contributed by atoms with Crippen LogP contribution < -0.4 is 5.32 Å². The zero-order chi connectivity index (χ0) is 12.8. The highest BCUT2D eigenvalue weighted by atomic mass is 35.5. The Morgan fingerprint density at radius 1 is 1.33 bits per heavy atom. The molecule has 0 radical (unpaired) electrons. The van der Waals surface area contributed by atoms with Gasteiger partial charge < -0.3 is 10.2 Å². The molecule has 0 aliphatic carbocycles. The second-order valence-corrected chi connectivity index (χ2v) is 5.06. The molecule has 2 rings (SSSR count). The van der Waals surface area contributed by atoms with Crippen molar-refractivity contribution in [2.24, 2.45) is 0 Å². The van der Waals surface area contributed by atoms with Crippen LogP contribution in [-0.4, -0.2) is 41.0 Å². The van der Waals surface area contributed by atoms with Crippen molar-refractivity contribution in [1.29, 1.82) is 0 Å². The average Bonchev–Trinajstić information content (AvgIpc) is 2.87. The van der Waals surface area contributed by atoms with Crippen molar-refractivity contribution in [1.82, 2.24) is 14.9 Å². The van der Waals surface area contributed by atoms with Crippen LogP contribution in [0.3, 0.4) is 0 Å². The molecule has 5 heteroatoms. The van der Waals surface area contributed by atoms with Crippen LogP contribution >= 0.6 is 11.6 Å². The maximum atomic E-state index is 5.95. The Bertz CT molecular complexity index is 377. The maximum absolute atomic E-state index is 5.95. The first kappa shape index (κ1) is 13.6. The molecule has 0 unspecified atom stereocenters. The van der Waals surface area contributed by atoms with Crippen LogP contribution in [0, 0.1) is 0 Å². The van der Waals surface area contributed by atoms with E-state index in [0.29, 0.717) is 5.15 Å². The third-order valence-corrected chi connectivity index (χ3v) is 3.41. The van der Waals surface area contributed by atoms with Gasteiger partial charge in [0.1, 0.15) is 16.8 Å². The summed E-state index contributed by atoms with van der Waals surface area (Å²) in [4.78, 5) is 11.1. The third kappa shape index (κ3) is 4.10. The molecular weight excluding hydrogens is 248 g/mol. The number of rotatable bonds is 6. The van der Waals surface area contributed by atoms with E-state index in [1.165, 1.54) is 32.5 Å². The second kappa shape index (κ2) is 6.90. The summed E-state index contributed by atoms with van der Waals surface area (Å²) in [7, 11) is 0. The van der Waals surface area contributed by atoms with Gasteiger partial charge in [-0.2, -0.15) is 0 Å². The Balaban J connectivity index is 1.73. The van der Waals surface area contributed by atoms with E-state index in [2.05, 4.69) is 20.2 Å². The Kier molecular flexibility index (Phi) is 5.20. The summed E-state index contributed by atoms with van der Waals surface area (Å²) in [6.45, 7) is 6.67. The molecule has 0 bridgehead atoms. The van der Waals surface area contributed by atoms with E-state index in [0.717, 1.165) is 31.0 Å². The zero-order valence-corrected chi connectivity index (χ0v) is 11.7. The molecule has 0 aromatic carbocycles. The zero-order valence-electron chi connectivity index (χ0n) is 11.0. The summed E-state index contributed by atoms with van der Waals surface area (Å²) >= 11 is 5.95. The van der Waals surface area contributed by atoms with Gasteiger partial charge in [-0.15, -0.1) is 0 Å². The first-order valence-corrected chi connectivity index (χ1v) is 7.15. The number of hydrogen-bond acceptors (Lipinski definition) is 4.